The van der Waals surface area contributed by atoms with Crippen LogP contribution < -0.4 is 0 Å². The standard InChI is InChI=1S/C25H43N3/c1-3-5-7-9-11-13-14-16-18-22-20-23(25-24(21-22)26-28-27-25)19-17-15-12-10-8-6-4-2/h20-21H,3-19H2,1-2H3,(H,26,27,28). The zero-order valence-corrected chi connectivity index (χ0v) is 18.6. The van der Waals surface area contributed by atoms with Gasteiger partial charge in [-0.05, 0) is 42.9 Å². The van der Waals surface area contributed by atoms with Gasteiger partial charge in [-0.25, -0.2) is 0 Å². The normalized spacial score (nSPS) is 11.5. The molecule has 1 aromatic heterocycles. The Morgan fingerprint density at radius 1 is 0.607 bits per heavy atom. The summed E-state index contributed by atoms with van der Waals surface area (Å²) in [4.78, 5) is 0. The maximum absolute atomic E-state index is 4.41. The van der Waals surface area contributed by atoms with E-state index in [9.17, 15) is 0 Å². The number of hydrogen-bond donors (Lipinski definition) is 1. The van der Waals surface area contributed by atoms with Gasteiger partial charge in [0.1, 0.15) is 11.0 Å². The molecule has 28 heavy (non-hydrogen) atoms. The van der Waals surface area contributed by atoms with Gasteiger partial charge in [0.05, 0.1) is 0 Å². The first-order chi connectivity index (χ1) is 13.8. The minimum Gasteiger partial charge on any atom is -0.197 e. The van der Waals surface area contributed by atoms with Crippen molar-refractivity contribution < 1.29 is 0 Å². The molecule has 0 atom stereocenters. The molecule has 2 aromatic rings. The van der Waals surface area contributed by atoms with Crippen molar-refractivity contribution in [2.75, 3.05) is 0 Å². The first kappa shape index (κ1) is 22.9. The average Bonchev–Trinajstić information content (AvgIpc) is 3.18. The summed E-state index contributed by atoms with van der Waals surface area (Å²) in [6.07, 6.45) is 22.9. The molecule has 0 aliphatic rings. The number of aromatic amines is 1. The molecule has 1 aromatic carbocycles. The quantitative estimate of drug-likeness (QED) is 0.281. The van der Waals surface area contributed by atoms with Crippen molar-refractivity contribution in [2.45, 2.75) is 123 Å². The van der Waals surface area contributed by atoms with E-state index in [-0.39, 0.29) is 0 Å². The third-order valence-electron chi connectivity index (χ3n) is 5.93. The lowest BCUT2D eigenvalue weighted by Crippen LogP contribution is -1.94. The fourth-order valence-electron chi connectivity index (χ4n) is 4.16. The fraction of sp³-hybridized carbons (Fsp3) is 0.760. The monoisotopic (exact) mass is 385 g/mol. The van der Waals surface area contributed by atoms with Gasteiger partial charge in [0, 0.05) is 0 Å². The van der Waals surface area contributed by atoms with E-state index in [2.05, 4.69) is 41.4 Å². The number of nitrogens with one attached hydrogen (secondary N) is 1. The lowest BCUT2D eigenvalue weighted by molar-refractivity contribution is 0.575. The van der Waals surface area contributed by atoms with Crippen molar-refractivity contribution in [3.05, 3.63) is 23.3 Å². The van der Waals surface area contributed by atoms with Crippen LogP contribution in [0.4, 0.5) is 0 Å². The van der Waals surface area contributed by atoms with E-state index < -0.39 is 0 Å². The maximum atomic E-state index is 4.41. The van der Waals surface area contributed by atoms with Crippen molar-refractivity contribution in [3.8, 4) is 0 Å². The van der Waals surface area contributed by atoms with Crippen molar-refractivity contribution >= 4 is 11.0 Å². The van der Waals surface area contributed by atoms with Crippen LogP contribution in [0.25, 0.3) is 11.0 Å². The molecular formula is C25H43N3. The van der Waals surface area contributed by atoms with E-state index >= 15 is 0 Å². The summed E-state index contributed by atoms with van der Waals surface area (Å²) >= 11 is 0. The number of hydrogen-bond acceptors (Lipinski definition) is 2. The number of nitrogens with zero attached hydrogens (tertiary/aromatic N) is 2. The average molecular weight is 386 g/mol. The molecule has 0 amide bonds. The first-order valence-electron chi connectivity index (χ1n) is 12.2. The highest BCUT2D eigenvalue weighted by molar-refractivity contribution is 5.78. The second-order valence-corrected chi connectivity index (χ2v) is 8.54. The SMILES string of the molecule is CCCCCCCCCCc1cc(CCCCCCCCC)c2n[nH]nc2c1. The molecule has 0 aliphatic heterocycles. The summed E-state index contributed by atoms with van der Waals surface area (Å²) in [5.74, 6) is 0. The molecule has 158 valence electrons. The highest BCUT2D eigenvalue weighted by Gasteiger charge is 2.08. The molecule has 0 unspecified atom stereocenters. The van der Waals surface area contributed by atoms with E-state index in [0.717, 1.165) is 17.5 Å². The van der Waals surface area contributed by atoms with Gasteiger partial charge in [0.2, 0.25) is 0 Å². The van der Waals surface area contributed by atoms with Crippen LogP contribution in [0.15, 0.2) is 12.1 Å². The third kappa shape index (κ3) is 8.75. The lowest BCUT2D eigenvalue weighted by Gasteiger charge is -2.07. The highest BCUT2D eigenvalue weighted by Crippen LogP contribution is 2.22. The molecule has 0 saturated heterocycles. The molecule has 0 fully saturated rings. The zero-order chi connectivity index (χ0) is 19.9. The van der Waals surface area contributed by atoms with Gasteiger partial charge in [-0.1, -0.05) is 103 Å². The molecular weight excluding hydrogens is 342 g/mol. The molecule has 3 nitrogen and oxygen atoms in total. The van der Waals surface area contributed by atoms with E-state index in [1.165, 1.54) is 114 Å². The summed E-state index contributed by atoms with van der Waals surface area (Å²) in [5.41, 5.74) is 4.99. The van der Waals surface area contributed by atoms with Crippen LogP contribution in [0.1, 0.15) is 121 Å². The maximum Gasteiger partial charge on any atom is 0.116 e. The van der Waals surface area contributed by atoms with E-state index in [1.54, 1.807) is 0 Å². The van der Waals surface area contributed by atoms with Gasteiger partial charge in [0.25, 0.3) is 0 Å². The largest absolute Gasteiger partial charge is 0.197 e. The van der Waals surface area contributed by atoms with Crippen molar-refractivity contribution in [2.24, 2.45) is 0 Å². The van der Waals surface area contributed by atoms with Gasteiger partial charge in [0.15, 0.2) is 0 Å². The molecule has 1 heterocycles. The van der Waals surface area contributed by atoms with Crippen LogP contribution in [0.3, 0.4) is 0 Å². The topological polar surface area (TPSA) is 41.6 Å². The molecule has 0 radical (unpaired) electrons. The van der Waals surface area contributed by atoms with Gasteiger partial charge in [-0.3, -0.25) is 0 Å². The zero-order valence-electron chi connectivity index (χ0n) is 18.6. The minimum atomic E-state index is 1.05. The first-order valence-corrected chi connectivity index (χ1v) is 12.2. The molecule has 2 rings (SSSR count). The van der Waals surface area contributed by atoms with Gasteiger partial charge < -0.3 is 0 Å². The Morgan fingerprint density at radius 2 is 1.14 bits per heavy atom. The molecule has 3 heteroatoms. The van der Waals surface area contributed by atoms with E-state index in [0.29, 0.717) is 0 Å². The Balaban J connectivity index is 1.72. The van der Waals surface area contributed by atoms with Gasteiger partial charge >= 0.3 is 0 Å². The van der Waals surface area contributed by atoms with Gasteiger partial charge in [-0.2, -0.15) is 15.4 Å². The summed E-state index contributed by atoms with van der Waals surface area (Å²) in [5, 5.41) is 11.6. The number of rotatable bonds is 17. The predicted molar refractivity (Wildman–Crippen MR) is 122 cm³/mol. The summed E-state index contributed by atoms with van der Waals surface area (Å²) in [6.45, 7) is 4.57. The second-order valence-electron chi connectivity index (χ2n) is 8.54. The van der Waals surface area contributed by atoms with E-state index in [4.69, 9.17) is 0 Å². The number of fused-ring (bicyclic) bond motifs is 1. The molecule has 0 saturated carbocycles. The van der Waals surface area contributed by atoms with Crippen LogP contribution in [0, 0.1) is 0 Å². The Hall–Kier alpha value is -1.38. The molecule has 0 spiro atoms. The Morgan fingerprint density at radius 3 is 1.75 bits per heavy atom. The Labute approximate surface area is 173 Å². The smallest absolute Gasteiger partial charge is 0.116 e. The molecule has 0 bridgehead atoms. The Kier molecular flexibility index (Phi) is 11.9. The predicted octanol–water partition coefficient (Wildman–Crippen LogP) is 7.93. The fourth-order valence-corrected chi connectivity index (χ4v) is 4.16. The van der Waals surface area contributed by atoms with Crippen LogP contribution in [-0.2, 0) is 12.8 Å². The number of unbranched alkanes of at least 4 members (excludes halogenated alkanes) is 13. The number of H-pyrrole nitrogens is 1. The van der Waals surface area contributed by atoms with Crippen LogP contribution in [-0.4, -0.2) is 15.4 Å². The van der Waals surface area contributed by atoms with Crippen molar-refractivity contribution in [3.63, 3.8) is 0 Å². The van der Waals surface area contributed by atoms with Crippen LogP contribution >= 0.6 is 0 Å². The second kappa shape index (κ2) is 14.6. The Bertz CT molecular complexity index is 632. The highest BCUT2D eigenvalue weighted by atomic mass is 15.3. The van der Waals surface area contributed by atoms with Crippen molar-refractivity contribution in [1.29, 1.82) is 0 Å². The van der Waals surface area contributed by atoms with E-state index in [1.807, 2.05) is 0 Å². The summed E-state index contributed by atoms with van der Waals surface area (Å²) < 4.78 is 0. The molecule has 1 N–H and O–H groups in total. The number of aryl methyl sites for hydroxylation is 2. The summed E-state index contributed by atoms with van der Waals surface area (Å²) in [6, 6.07) is 4.65. The van der Waals surface area contributed by atoms with Crippen molar-refractivity contribution in [1.82, 2.24) is 15.4 Å². The third-order valence-corrected chi connectivity index (χ3v) is 5.93. The van der Waals surface area contributed by atoms with Crippen LogP contribution in [0.2, 0.25) is 0 Å². The number of benzene rings is 1. The van der Waals surface area contributed by atoms with Crippen LogP contribution in [0.5, 0.6) is 0 Å². The lowest BCUT2D eigenvalue weighted by atomic mass is 9.98. The number of aromatic nitrogens is 3. The minimum absolute atomic E-state index is 1.05. The molecule has 0 aliphatic carbocycles. The summed E-state index contributed by atoms with van der Waals surface area (Å²) in [7, 11) is 0. The van der Waals surface area contributed by atoms with Gasteiger partial charge in [-0.15, -0.1) is 0 Å².